The van der Waals surface area contributed by atoms with Gasteiger partial charge >= 0.3 is 5.97 Å². The van der Waals surface area contributed by atoms with E-state index in [1.165, 1.54) is 0 Å². The largest absolute Gasteiger partial charge is 0.481 e. The third-order valence-corrected chi connectivity index (χ3v) is 4.30. The Kier molecular flexibility index (Phi) is 6.30. The number of aliphatic hydroxyl groups is 1. The number of aliphatic hydroxyl groups excluding tert-OH is 1. The Morgan fingerprint density at radius 1 is 1.45 bits per heavy atom. The van der Waals surface area contributed by atoms with Gasteiger partial charge < -0.3 is 10.2 Å². The second-order valence-electron chi connectivity index (χ2n) is 6.31. The summed E-state index contributed by atoms with van der Waals surface area (Å²) in [6.07, 6.45) is 7.36. The first-order chi connectivity index (χ1) is 10.2. The zero-order valence-electron chi connectivity index (χ0n) is 13.8. The standard InChI is InChI=1S/C18H26O4/c1-12(6-5-7-13(2)19)8-9-15-14(3)16(20)10-11-18(15,4)17(21)22/h6,8-9,13,19H,5,7,10-11H2,1-4H3,(H,21,22)/b9-8+,12-6+/t13-,18+/m1/s1. The van der Waals surface area contributed by atoms with Crippen LogP contribution in [0.2, 0.25) is 0 Å². The third-order valence-electron chi connectivity index (χ3n) is 4.30. The van der Waals surface area contributed by atoms with E-state index >= 15 is 0 Å². The second-order valence-corrected chi connectivity index (χ2v) is 6.31. The number of rotatable bonds is 6. The fourth-order valence-electron chi connectivity index (χ4n) is 2.62. The molecular formula is C18H26O4. The van der Waals surface area contributed by atoms with Gasteiger partial charge in [0, 0.05) is 6.42 Å². The Morgan fingerprint density at radius 3 is 2.64 bits per heavy atom. The normalized spacial score (nSPS) is 25.0. The molecule has 0 radical (unpaired) electrons. The maximum absolute atomic E-state index is 11.9. The van der Waals surface area contributed by atoms with E-state index in [1.807, 2.05) is 19.1 Å². The average Bonchev–Trinajstić information content (AvgIpc) is 2.42. The second kappa shape index (κ2) is 7.54. The van der Waals surface area contributed by atoms with E-state index < -0.39 is 11.4 Å². The molecule has 0 fully saturated rings. The lowest BCUT2D eigenvalue weighted by molar-refractivity contribution is -0.146. The van der Waals surface area contributed by atoms with Crippen molar-refractivity contribution in [3.8, 4) is 0 Å². The lowest BCUT2D eigenvalue weighted by Crippen LogP contribution is -2.34. The van der Waals surface area contributed by atoms with Crippen LogP contribution in [0.3, 0.4) is 0 Å². The summed E-state index contributed by atoms with van der Waals surface area (Å²) in [5, 5.41) is 18.8. The summed E-state index contributed by atoms with van der Waals surface area (Å²) >= 11 is 0. The minimum Gasteiger partial charge on any atom is -0.481 e. The van der Waals surface area contributed by atoms with Crippen LogP contribution in [0.15, 0.2) is 34.9 Å². The molecule has 1 aliphatic rings. The van der Waals surface area contributed by atoms with Crippen LogP contribution in [-0.4, -0.2) is 28.1 Å². The van der Waals surface area contributed by atoms with E-state index in [1.54, 1.807) is 26.8 Å². The summed E-state index contributed by atoms with van der Waals surface area (Å²) in [4.78, 5) is 23.5. The summed E-state index contributed by atoms with van der Waals surface area (Å²) in [7, 11) is 0. The van der Waals surface area contributed by atoms with E-state index in [0.29, 0.717) is 24.0 Å². The molecule has 22 heavy (non-hydrogen) atoms. The first-order valence-corrected chi connectivity index (χ1v) is 7.69. The lowest BCUT2D eigenvalue weighted by Gasteiger charge is -2.31. The molecule has 0 aromatic rings. The monoisotopic (exact) mass is 306 g/mol. The van der Waals surface area contributed by atoms with Gasteiger partial charge in [-0.15, -0.1) is 0 Å². The highest BCUT2D eigenvalue weighted by Crippen LogP contribution is 2.40. The van der Waals surface area contributed by atoms with Gasteiger partial charge in [-0.1, -0.05) is 23.8 Å². The molecule has 122 valence electrons. The average molecular weight is 306 g/mol. The van der Waals surface area contributed by atoms with Crippen molar-refractivity contribution < 1.29 is 19.8 Å². The number of carbonyl (C=O) groups excluding carboxylic acids is 1. The molecule has 4 heteroatoms. The Balaban J connectivity index is 3.00. The van der Waals surface area contributed by atoms with Crippen LogP contribution < -0.4 is 0 Å². The molecule has 4 nitrogen and oxygen atoms in total. The van der Waals surface area contributed by atoms with Crippen LogP contribution in [0, 0.1) is 5.41 Å². The van der Waals surface area contributed by atoms with Crippen molar-refractivity contribution in [3.63, 3.8) is 0 Å². The third kappa shape index (κ3) is 4.41. The zero-order chi connectivity index (χ0) is 16.9. The maximum atomic E-state index is 11.9. The van der Waals surface area contributed by atoms with Gasteiger partial charge in [0.1, 0.15) is 0 Å². The Bertz CT molecular complexity index is 537. The first kappa shape index (κ1) is 18.4. The smallest absolute Gasteiger partial charge is 0.313 e. The van der Waals surface area contributed by atoms with E-state index in [4.69, 9.17) is 0 Å². The van der Waals surface area contributed by atoms with Crippen molar-refractivity contribution in [2.24, 2.45) is 5.41 Å². The minimum atomic E-state index is -1.01. The molecule has 0 saturated carbocycles. The van der Waals surface area contributed by atoms with Gasteiger partial charge in [-0.25, -0.2) is 0 Å². The topological polar surface area (TPSA) is 74.6 Å². The number of Topliss-reactive ketones (excluding diaryl/α,β-unsaturated/α-hetero) is 1. The number of carboxylic acid groups (broad SMARTS) is 1. The van der Waals surface area contributed by atoms with E-state index in [9.17, 15) is 19.8 Å². The number of allylic oxidation sites excluding steroid dienone is 5. The Hall–Kier alpha value is -1.68. The summed E-state index contributed by atoms with van der Waals surface area (Å²) in [6.45, 7) is 7.06. The van der Waals surface area contributed by atoms with Crippen molar-refractivity contribution in [2.75, 3.05) is 0 Å². The molecule has 0 spiro atoms. The van der Waals surface area contributed by atoms with Crippen molar-refractivity contribution in [2.45, 2.75) is 59.5 Å². The maximum Gasteiger partial charge on any atom is 0.313 e. The lowest BCUT2D eigenvalue weighted by atomic mass is 9.70. The molecule has 0 aliphatic heterocycles. The fourth-order valence-corrected chi connectivity index (χ4v) is 2.62. The number of carboxylic acids is 1. The molecule has 2 atom stereocenters. The summed E-state index contributed by atoms with van der Waals surface area (Å²) in [5.74, 6) is -0.871. The highest BCUT2D eigenvalue weighted by molar-refractivity contribution is 6.00. The summed E-state index contributed by atoms with van der Waals surface area (Å²) in [5.41, 5.74) is 1.13. The minimum absolute atomic E-state index is 0.0223. The molecule has 0 unspecified atom stereocenters. The fraction of sp³-hybridized carbons (Fsp3) is 0.556. The van der Waals surface area contributed by atoms with Crippen LogP contribution >= 0.6 is 0 Å². The molecule has 1 aliphatic carbocycles. The number of ketones is 1. The summed E-state index contributed by atoms with van der Waals surface area (Å²) < 4.78 is 0. The molecule has 2 N–H and O–H groups in total. The molecule has 1 rings (SSSR count). The van der Waals surface area contributed by atoms with Crippen molar-refractivity contribution >= 4 is 11.8 Å². The van der Waals surface area contributed by atoms with E-state index in [0.717, 1.165) is 12.0 Å². The van der Waals surface area contributed by atoms with Gasteiger partial charge in [-0.05, 0) is 58.1 Å². The van der Waals surface area contributed by atoms with Gasteiger partial charge in [-0.3, -0.25) is 9.59 Å². The van der Waals surface area contributed by atoms with Crippen molar-refractivity contribution in [1.82, 2.24) is 0 Å². The zero-order valence-corrected chi connectivity index (χ0v) is 13.8. The van der Waals surface area contributed by atoms with Crippen LogP contribution in [0.4, 0.5) is 0 Å². The molecule has 0 saturated heterocycles. The predicted molar refractivity (Wildman–Crippen MR) is 86.5 cm³/mol. The Morgan fingerprint density at radius 2 is 2.09 bits per heavy atom. The molecule has 0 aromatic heterocycles. The molecule has 0 aromatic carbocycles. The van der Waals surface area contributed by atoms with Crippen LogP contribution in [0.25, 0.3) is 0 Å². The predicted octanol–water partition coefficient (Wildman–Crippen LogP) is 3.42. The number of aliphatic carboxylic acids is 1. The molecular weight excluding hydrogens is 280 g/mol. The summed E-state index contributed by atoms with van der Waals surface area (Å²) in [6, 6.07) is 0. The Labute approximate surface area is 132 Å². The van der Waals surface area contributed by atoms with E-state index in [2.05, 4.69) is 0 Å². The van der Waals surface area contributed by atoms with Gasteiger partial charge in [-0.2, -0.15) is 0 Å². The van der Waals surface area contributed by atoms with Crippen molar-refractivity contribution in [1.29, 1.82) is 0 Å². The molecule has 0 amide bonds. The quantitative estimate of drug-likeness (QED) is 0.737. The number of hydrogen-bond acceptors (Lipinski definition) is 3. The van der Waals surface area contributed by atoms with Gasteiger partial charge in [0.2, 0.25) is 0 Å². The number of hydrogen-bond donors (Lipinski definition) is 2. The highest BCUT2D eigenvalue weighted by atomic mass is 16.4. The van der Waals surface area contributed by atoms with Gasteiger partial charge in [0.25, 0.3) is 0 Å². The van der Waals surface area contributed by atoms with Crippen molar-refractivity contribution in [3.05, 3.63) is 34.9 Å². The first-order valence-electron chi connectivity index (χ1n) is 7.69. The van der Waals surface area contributed by atoms with Crippen LogP contribution in [-0.2, 0) is 9.59 Å². The number of carbonyl (C=O) groups is 2. The molecule has 0 bridgehead atoms. The highest BCUT2D eigenvalue weighted by Gasteiger charge is 2.41. The van der Waals surface area contributed by atoms with Gasteiger partial charge in [0.15, 0.2) is 5.78 Å². The molecule has 0 heterocycles. The van der Waals surface area contributed by atoms with E-state index in [-0.39, 0.29) is 18.3 Å². The van der Waals surface area contributed by atoms with Crippen LogP contribution in [0.1, 0.15) is 53.4 Å². The SMILES string of the molecule is CC1=C(/C=C/C(C)=C/CC[C@@H](C)O)[C@@](C)(C(=O)O)CCC1=O. The van der Waals surface area contributed by atoms with Gasteiger partial charge in [0.05, 0.1) is 11.5 Å². The van der Waals surface area contributed by atoms with Crippen LogP contribution in [0.5, 0.6) is 0 Å².